The van der Waals surface area contributed by atoms with Crippen LogP contribution in [0.3, 0.4) is 0 Å². The fourth-order valence-corrected chi connectivity index (χ4v) is 1.23. The largest absolute Gasteiger partial charge is 0.478 e. The number of hydrogen-bond acceptors (Lipinski definition) is 4. The topological polar surface area (TPSA) is 77.8 Å². The molecular formula is C11H15NO5. The SMILES string of the molecule is COCCOCCn1ccc(C(=O)O)cc1=O. The Morgan fingerprint density at radius 2 is 2.18 bits per heavy atom. The van der Waals surface area contributed by atoms with Crippen LogP contribution in [0.2, 0.25) is 0 Å². The summed E-state index contributed by atoms with van der Waals surface area (Å²) < 4.78 is 11.4. The highest BCUT2D eigenvalue weighted by Crippen LogP contribution is 1.94. The summed E-state index contributed by atoms with van der Waals surface area (Å²) in [5, 5.41) is 8.69. The third-order valence-corrected chi connectivity index (χ3v) is 2.15. The average molecular weight is 241 g/mol. The van der Waals surface area contributed by atoms with E-state index in [0.29, 0.717) is 26.4 Å². The van der Waals surface area contributed by atoms with Gasteiger partial charge in [0.15, 0.2) is 0 Å². The van der Waals surface area contributed by atoms with Gasteiger partial charge in [-0.1, -0.05) is 0 Å². The lowest BCUT2D eigenvalue weighted by molar-refractivity contribution is 0.0661. The van der Waals surface area contributed by atoms with Gasteiger partial charge in [0.25, 0.3) is 5.56 Å². The number of ether oxygens (including phenoxy) is 2. The first-order valence-corrected chi connectivity index (χ1v) is 5.15. The molecular weight excluding hydrogens is 226 g/mol. The third-order valence-electron chi connectivity index (χ3n) is 2.15. The van der Waals surface area contributed by atoms with Crippen LogP contribution < -0.4 is 5.56 Å². The highest BCUT2D eigenvalue weighted by atomic mass is 16.5. The molecule has 0 bridgehead atoms. The number of aromatic carboxylic acids is 1. The standard InChI is InChI=1S/C11H15NO5/c1-16-6-7-17-5-4-12-3-2-9(11(14)15)8-10(12)13/h2-3,8H,4-7H2,1H3,(H,14,15). The Morgan fingerprint density at radius 3 is 2.76 bits per heavy atom. The number of pyridine rings is 1. The van der Waals surface area contributed by atoms with Crippen LogP contribution in [0.25, 0.3) is 0 Å². The number of nitrogens with zero attached hydrogens (tertiary/aromatic N) is 1. The first-order valence-electron chi connectivity index (χ1n) is 5.15. The van der Waals surface area contributed by atoms with Crippen LogP contribution in [0.1, 0.15) is 10.4 Å². The van der Waals surface area contributed by atoms with E-state index < -0.39 is 5.97 Å². The second-order valence-corrected chi connectivity index (χ2v) is 3.36. The van der Waals surface area contributed by atoms with E-state index in [1.807, 2.05) is 0 Å². The van der Waals surface area contributed by atoms with Crippen LogP contribution in [-0.4, -0.2) is 42.6 Å². The molecule has 0 aliphatic heterocycles. The molecule has 17 heavy (non-hydrogen) atoms. The summed E-state index contributed by atoms with van der Waals surface area (Å²) in [6.07, 6.45) is 1.45. The minimum Gasteiger partial charge on any atom is -0.478 e. The van der Waals surface area contributed by atoms with Crippen LogP contribution in [0.5, 0.6) is 0 Å². The summed E-state index contributed by atoms with van der Waals surface area (Å²) in [7, 11) is 1.58. The zero-order valence-corrected chi connectivity index (χ0v) is 9.59. The van der Waals surface area contributed by atoms with Gasteiger partial charge in [-0.15, -0.1) is 0 Å². The first kappa shape index (κ1) is 13.4. The second kappa shape index (κ2) is 6.82. The smallest absolute Gasteiger partial charge is 0.335 e. The highest BCUT2D eigenvalue weighted by molar-refractivity contribution is 5.87. The lowest BCUT2D eigenvalue weighted by Gasteiger charge is -2.06. The predicted molar refractivity (Wildman–Crippen MR) is 60.4 cm³/mol. The molecule has 0 aliphatic carbocycles. The zero-order chi connectivity index (χ0) is 12.7. The van der Waals surface area contributed by atoms with Crippen molar-refractivity contribution in [2.75, 3.05) is 26.9 Å². The molecule has 0 amide bonds. The minimum atomic E-state index is -1.11. The molecule has 1 rings (SSSR count). The summed E-state index contributed by atoms with van der Waals surface area (Å²) in [6, 6.07) is 2.48. The summed E-state index contributed by atoms with van der Waals surface area (Å²) in [5.74, 6) is -1.11. The maximum Gasteiger partial charge on any atom is 0.335 e. The Morgan fingerprint density at radius 1 is 1.41 bits per heavy atom. The van der Waals surface area contributed by atoms with Crippen LogP contribution in [0.4, 0.5) is 0 Å². The molecule has 1 aromatic rings. The van der Waals surface area contributed by atoms with Gasteiger partial charge in [0.1, 0.15) is 0 Å². The zero-order valence-electron chi connectivity index (χ0n) is 9.59. The van der Waals surface area contributed by atoms with E-state index in [1.54, 1.807) is 7.11 Å². The molecule has 0 fully saturated rings. The van der Waals surface area contributed by atoms with Crippen LogP contribution in [-0.2, 0) is 16.0 Å². The molecule has 0 atom stereocenters. The molecule has 94 valence electrons. The van der Waals surface area contributed by atoms with Crippen molar-refractivity contribution in [3.8, 4) is 0 Å². The van der Waals surface area contributed by atoms with E-state index in [1.165, 1.54) is 16.8 Å². The Hall–Kier alpha value is -1.66. The van der Waals surface area contributed by atoms with Gasteiger partial charge < -0.3 is 19.1 Å². The highest BCUT2D eigenvalue weighted by Gasteiger charge is 2.04. The van der Waals surface area contributed by atoms with Crippen LogP contribution >= 0.6 is 0 Å². The average Bonchev–Trinajstić information content (AvgIpc) is 2.30. The lowest BCUT2D eigenvalue weighted by atomic mass is 10.3. The maximum absolute atomic E-state index is 11.5. The molecule has 6 nitrogen and oxygen atoms in total. The lowest BCUT2D eigenvalue weighted by Crippen LogP contribution is -2.22. The van der Waals surface area contributed by atoms with Crippen molar-refractivity contribution in [3.63, 3.8) is 0 Å². The number of carbonyl (C=O) groups is 1. The van der Waals surface area contributed by atoms with Gasteiger partial charge in [-0.05, 0) is 6.07 Å². The first-order chi connectivity index (χ1) is 8.15. The molecule has 0 aromatic carbocycles. The fraction of sp³-hybridized carbons (Fsp3) is 0.455. The van der Waals surface area contributed by atoms with E-state index in [-0.39, 0.29) is 11.1 Å². The summed E-state index contributed by atoms with van der Waals surface area (Å²) in [4.78, 5) is 22.1. The minimum absolute atomic E-state index is 0.00782. The van der Waals surface area contributed by atoms with Gasteiger partial charge >= 0.3 is 5.97 Å². The number of aromatic nitrogens is 1. The molecule has 0 saturated heterocycles. The number of rotatable bonds is 7. The number of carboxylic acids is 1. The molecule has 6 heteroatoms. The summed E-state index contributed by atoms with van der Waals surface area (Å²) >= 11 is 0. The maximum atomic E-state index is 11.5. The second-order valence-electron chi connectivity index (χ2n) is 3.36. The van der Waals surface area contributed by atoms with Gasteiger partial charge in [0.2, 0.25) is 0 Å². The van der Waals surface area contributed by atoms with E-state index in [2.05, 4.69) is 0 Å². The normalized spacial score (nSPS) is 10.4. The van der Waals surface area contributed by atoms with Gasteiger partial charge in [-0.2, -0.15) is 0 Å². The Kier molecular flexibility index (Phi) is 5.38. The fourth-order valence-electron chi connectivity index (χ4n) is 1.23. The molecule has 1 heterocycles. The van der Waals surface area contributed by atoms with Gasteiger partial charge in [-0.3, -0.25) is 4.79 Å². The third kappa shape index (κ3) is 4.38. The molecule has 0 spiro atoms. The van der Waals surface area contributed by atoms with Crippen LogP contribution in [0, 0.1) is 0 Å². The van der Waals surface area contributed by atoms with Gasteiger partial charge in [0, 0.05) is 25.9 Å². The molecule has 0 radical (unpaired) electrons. The molecule has 0 aliphatic rings. The van der Waals surface area contributed by atoms with E-state index in [9.17, 15) is 9.59 Å². The summed E-state index contributed by atoms with van der Waals surface area (Å²) in [5.41, 5.74) is -0.355. The van der Waals surface area contributed by atoms with Crippen molar-refractivity contribution in [1.29, 1.82) is 0 Å². The van der Waals surface area contributed by atoms with Crippen molar-refractivity contribution in [3.05, 3.63) is 34.2 Å². The Labute approximate surface area is 98.4 Å². The molecule has 1 aromatic heterocycles. The van der Waals surface area contributed by atoms with E-state index >= 15 is 0 Å². The predicted octanol–water partition coefficient (Wildman–Crippen LogP) is 0.209. The number of methoxy groups -OCH3 is 1. The van der Waals surface area contributed by atoms with E-state index in [4.69, 9.17) is 14.6 Å². The number of carboxylic acid groups (broad SMARTS) is 1. The summed E-state index contributed by atoms with van der Waals surface area (Å²) in [6.45, 7) is 1.75. The van der Waals surface area contributed by atoms with Crippen LogP contribution in [0.15, 0.2) is 23.1 Å². The van der Waals surface area contributed by atoms with Crippen molar-refractivity contribution < 1.29 is 19.4 Å². The van der Waals surface area contributed by atoms with Crippen molar-refractivity contribution in [2.45, 2.75) is 6.54 Å². The Bertz CT molecular complexity index is 426. The molecule has 1 N–H and O–H groups in total. The molecule has 0 saturated carbocycles. The number of hydrogen-bond donors (Lipinski definition) is 1. The van der Waals surface area contributed by atoms with E-state index in [0.717, 1.165) is 6.07 Å². The van der Waals surface area contributed by atoms with Gasteiger partial charge in [-0.25, -0.2) is 4.79 Å². The van der Waals surface area contributed by atoms with Crippen molar-refractivity contribution >= 4 is 5.97 Å². The van der Waals surface area contributed by atoms with Crippen molar-refractivity contribution in [2.24, 2.45) is 0 Å². The molecule has 0 unspecified atom stereocenters. The van der Waals surface area contributed by atoms with Crippen molar-refractivity contribution in [1.82, 2.24) is 4.57 Å². The van der Waals surface area contributed by atoms with Gasteiger partial charge in [0.05, 0.1) is 25.4 Å². The Balaban J connectivity index is 2.49. The monoisotopic (exact) mass is 241 g/mol. The quantitative estimate of drug-likeness (QED) is 0.690.